The molecule has 0 aliphatic carbocycles. The Labute approximate surface area is 127 Å². The summed E-state index contributed by atoms with van der Waals surface area (Å²) < 4.78 is 24.2. The number of halogens is 1. The third-order valence-electron chi connectivity index (χ3n) is 3.48. The molecule has 5 heteroatoms. The highest BCUT2D eigenvalue weighted by atomic mass is 19.1. The molecule has 0 fully saturated rings. The van der Waals surface area contributed by atoms with Crippen LogP contribution >= 0.6 is 0 Å². The molecule has 3 rings (SSSR count). The zero-order valence-electron chi connectivity index (χ0n) is 12.1. The van der Waals surface area contributed by atoms with Crippen molar-refractivity contribution < 1.29 is 18.7 Å². The summed E-state index contributed by atoms with van der Waals surface area (Å²) >= 11 is 0. The first-order chi connectivity index (χ1) is 10.6. The highest BCUT2D eigenvalue weighted by Crippen LogP contribution is 2.39. The minimum Gasteiger partial charge on any atom is -0.497 e. The smallest absolute Gasteiger partial charge is 0.215 e. The summed E-state index contributed by atoms with van der Waals surface area (Å²) in [4.78, 5) is 12.5. The topological polar surface area (TPSA) is 47.6 Å². The Kier molecular flexibility index (Phi) is 3.55. The Balaban J connectivity index is 2.06. The van der Waals surface area contributed by atoms with E-state index in [9.17, 15) is 9.18 Å². The molecule has 0 unspecified atom stereocenters. The number of Topliss-reactive ketones (excluding diaryl/α,β-unsaturated/α-hetero) is 1. The molecule has 112 valence electrons. The molecule has 4 nitrogen and oxygen atoms in total. The van der Waals surface area contributed by atoms with Crippen molar-refractivity contribution in [1.82, 2.24) is 0 Å². The van der Waals surface area contributed by atoms with Crippen LogP contribution in [0.4, 0.5) is 10.1 Å². The van der Waals surface area contributed by atoms with Gasteiger partial charge in [-0.3, -0.25) is 4.79 Å². The normalized spacial score (nSPS) is 14.7. The number of allylic oxidation sites excluding steroid dienone is 1. The SMILES string of the molecule is COc1cc2c(c(OC)c1)C(=O)/C(=C/c1ccccc1F)N2. The van der Waals surface area contributed by atoms with E-state index in [1.165, 1.54) is 26.4 Å². The summed E-state index contributed by atoms with van der Waals surface area (Å²) in [5, 5.41) is 2.99. The zero-order valence-corrected chi connectivity index (χ0v) is 12.1. The number of rotatable bonds is 3. The fourth-order valence-corrected chi connectivity index (χ4v) is 2.39. The number of benzene rings is 2. The highest BCUT2D eigenvalue weighted by Gasteiger charge is 2.29. The molecular weight excluding hydrogens is 285 g/mol. The number of fused-ring (bicyclic) bond motifs is 1. The average Bonchev–Trinajstić information content (AvgIpc) is 2.85. The molecule has 1 aliphatic heterocycles. The van der Waals surface area contributed by atoms with E-state index < -0.39 is 0 Å². The highest BCUT2D eigenvalue weighted by molar-refractivity contribution is 6.22. The Hall–Kier alpha value is -2.82. The molecule has 0 atom stereocenters. The summed E-state index contributed by atoms with van der Waals surface area (Å²) in [5.41, 5.74) is 1.65. The van der Waals surface area contributed by atoms with Crippen molar-refractivity contribution in [2.75, 3.05) is 19.5 Å². The monoisotopic (exact) mass is 299 g/mol. The molecule has 1 N–H and O–H groups in total. The van der Waals surface area contributed by atoms with Gasteiger partial charge >= 0.3 is 0 Å². The van der Waals surface area contributed by atoms with Gasteiger partial charge in [0.1, 0.15) is 17.3 Å². The van der Waals surface area contributed by atoms with Crippen LogP contribution in [-0.2, 0) is 0 Å². The zero-order chi connectivity index (χ0) is 15.7. The van der Waals surface area contributed by atoms with E-state index in [1.807, 2.05) is 0 Å². The Morgan fingerprint density at radius 3 is 2.59 bits per heavy atom. The van der Waals surface area contributed by atoms with E-state index in [2.05, 4.69) is 5.32 Å². The van der Waals surface area contributed by atoms with Crippen LogP contribution in [0.15, 0.2) is 42.1 Å². The van der Waals surface area contributed by atoms with E-state index in [-0.39, 0.29) is 11.6 Å². The van der Waals surface area contributed by atoms with E-state index in [1.54, 1.807) is 30.3 Å². The molecular formula is C17H14FNO3. The van der Waals surface area contributed by atoms with Gasteiger partial charge in [-0.05, 0) is 12.1 Å². The van der Waals surface area contributed by atoms with Crippen LogP contribution in [0.5, 0.6) is 11.5 Å². The van der Waals surface area contributed by atoms with Gasteiger partial charge in [-0.25, -0.2) is 4.39 Å². The second kappa shape index (κ2) is 5.52. The predicted molar refractivity (Wildman–Crippen MR) is 81.9 cm³/mol. The fourth-order valence-electron chi connectivity index (χ4n) is 2.39. The first kappa shape index (κ1) is 14.1. The molecule has 0 saturated carbocycles. The van der Waals surface area contributed by atoms with Crippen LogP contribution in [0.2, 0.25) is 0 Å². The van der Waals surface area contributed by atoms with Crippen LogP contribution in [0, 0.1) is 5.82 Å². The summed E-state index contributed by atoms with van der Waals surface area (Å²) in [7, 11) is 3.02. The maximum Gasteiger partial charge on any atom is 0.215 e. The van der Waals surface area contributed by atoms with E-state index in [4.69, 9.17) is 9.47 Å². The van der Waals surface area contributed by atoms with Crippen LogP contribution < -0.4 is 14.8 Å². The molecule has 0 spiro atoms. The second-order valence-corrected chi connectivity index (χ2v) is 4.79. The summed E-state index contributed by atoms with van der Waals surface area (Å²) in [6, 6.07) is 9.62. The van der Waals surface area contributed by atoms with Crippen LogP contribution in [0.3, 0.4) is 0 Å². The molecule has 2 aromatic carbocycles. The van der Waals surface area contributed by atoms with Crippen molar-refractivity contribution in [3.05, 3.63) is 59.0 Å². The van der Waals surface area contributed by atoms with E-state index >= 15 is 0 Å². The quantitative estimate of drug-likeness (QED) is 0.881. The molecule has 0 aromatic heterocycles. The summed E-state index contributed by atoms with van der Waals surface area (Å²) in [6.45, 7) is 0. The maximum atomic E-state index is 13.7. The summed E-state index contributed by atoms with van der Waals surface area (Å²) in [6.07, 6.45) is 1.49. The molecule has 1 heterocycles. The van der Waals surface area contributed by atoms with Gasteiger partial charge in [0.05, 0.1) is 31.2 Å². The minimum atomic E-state index is -0.384. The van der Waals surface area contributed by atoms with Crippen molar-refractivity contribution in [3.8, 4) is 11.5 Å². The van der Waals surface area contributed by atoms with Gasteiger partial charge in [0.2, 0.25) is 5.78 Å². The van der Waals surface area contributed by atoms with E-state index in [0.29, 0.717) is 34.0 Å². The molecule has 22 heavy (non-hydrogen) atoms. The Bertz CT molecular complexity index is 783. The third-order valence-corrected chi connectivity index (χ3v) is 3.48. The van der Waals surface area contributed by atoms with Gasteiger partial charge in [-0.2, -0.15) is 0 Å². The second-order valence-electron chi connectivity index (χ2n) is 4.79. The molecule has 0 bridgehead atoms. The maximum absolute atomic E-state index is 13.7. The van der Waals surface area contributed by atoms with Gasteiger partial charge < -0.3 is 14.8 Å². The third kappa shape index (κ3) is 2.30. The van der Waals surface area contributed by atoms with Crippen LogP contribution in [0.1, 0.15) is 15.9 Å². The number of ketones is 1. The lowest BCUT2D eigenvalue weighted by atomic mass is 10.1. The number of anilines is 1. The number of hydrogen-bond donors (Lipinski definition) is 1. The molecule has 1 aliphatic rings. The van der Waals surface area contributed by atoms with Crippen molar-refractivity contribution >= 4 is 17.5 Å². The van der Waals surface area contributed by atoms with Crippen molar-refractivity contribution in [2.24, 2.45) is 0 Å². The first-order valence-electron chi connectivity index (χ1n) is 6.68. The number of methoxy groups -OCH3 is 2. The Morgan fingerprint density at radius 2 is 1.91 bits per heavy atom. The number of ether oxygens (including phenoxy) is 2. The van der Waals surface area contributed by atoms with Gasteiger partial charge in [0, 0.05) is 17.7 Å². The molecule has 0 amide bonds. The average molecular weight is 299 g/mol. The number of carbonyl (C=O) groups is 1. The van der Waals surface area contributed by atoms with Gasteiger partial charge in [0.25, 0.3) is 0 Å². The van der Waals surface area contributed by atoms with Crippen molar-refractivity contribution in [2.45, 2.75) is 0 Å². The van der Waals surface area contributed by atoms with Crippen molar-refractivity contribution in [3.63, 3.8) is 0 Å². The van der Waals surface area contributed by atoms with Gasteiger partial charge in [-0.15, -0.1) is 0 Å². The standard InChI is InChI=1S/C17H14FNO3/c1-21-11-8-13-16(15(9-11)22-2)17(20)14(19-13)7-10-5-3-4-6-12(10)18/h3-9,19H,1-2H3/b14-7-. The van der Waals surface area contributed by atoms with Crippen molar-refractivity contribution in [1.29, 1.82) is 0 Å². The van der Waals surface area contributed by atoms with Crippen LogP contribution in [-0.4, -0.2) is 20.0 Å². The number of nitrogens with one attached hydrogen (secondary N) is 1. The lowest BCUT2D eigenvalue weighted by Crippen LogP contribution is -2.01. The molecule has 2 aromatic rings. The number of hydrogen-bond acceptors (Lipinski definition) is 4. The van der Waals surface area contributed by atoms with Crippen LogP contribution in [0.25, 0.3) is 6.08 Å². The fraction of sp³-hybridized carbons (Fsp3) is 0.118. The Morgan fingerprint density at radius 1 is 1.14 bits per heavy atom. The van der Waals surface area contributed by atoms with Gasteiger partial charge in [-0.1, -0.05) is 18.2 Å². The van der Waals surface area contributed by atoms with Gasteiger partial charge in [0.15, 0.2) is 0 Å². The molecule has 0 radical (unpaired) electrons. The minimum absolute atomic E-state index is 0.238. The number of carbonyl (C=O) groups excluding carboxylic acids is 1. The summed E-state index contributed by atoms with van der Waals surface area (Å²) in [5.74, 6) is 0.370. The first-order valence-corrected chi connectivity index (χ1v) is 6.68. The molecule has 0 saturated heterocycles. The lowest BCUT2D eigenvalue weighted by molar-refractivity contribution is 0.104. The lowest BCUT2D eigenvalue weighted by Gasteiger charge is -2.08. The predicted octanol–water partition coefficient (Wildman–Crippen LogP) is 3.49. The van der Waals surface area contributed by atoms with E-state index in [0.717, 1.165) is 0 Å². The largest absolute Gasteiger partial charge is 0.497 e.